The van der Waals surface area contributed by atoms with Crippen molar-refractivity contribution in [3.63, 3.8) is 0 Å². The third-order valence-electron chi connectivity index (χ3n) is 2.54. The number of sulfonamides is 1. The molecule has 4 N–H and O–H groups in total. The van der Waals surface area contributed by atoms with E-state index in [1.54, 1.807) is 18.7 Å². The highest BCUT2D eigenvalue weighted by molar-refractivity contribution is 7.98. The zero-order valence-electron chi connectivity index (χ0n) is 11.5. The van der Waals surface area contributed by atoms with E-state index in [1.807, 2.05) is 24.5 Å². The lowest BCUT2D eigenvalue weighted by molar-refractivity contribution is 0.584. The quantitative estimate of drug-likeness (QED) is 0.492. The topological polar surface area (TPSA) is 84.2 Å². The molecule has 0 amide bonds. The highest BCUT2D eigenvalue weighted by Gasteiger charge is 2.12. The van der Waals surface area contributed by atoms with Gasteiger partial charge in [-0.25, -0.2) is 13.1 Å². The van der Waals surface area contributed by atoms with Crippen LogP contribution in [0.3, 0.4) is 0 Å². The number of thiocarbonyl (C=S) groups is 1. The highest BCUT2D eigenvalue weighted by Crippen LogP contribution is 2.26. The number of rotatable bonds is 8. The fourth-order valence-electron chi connectivity index (χ4n) is 1.71. The molecule has 0 bridgehead atoms. The summed E-state index contributed by atoms with van der Waals surface area (Å²) >= 11 is 6.61. The summed E-state index contributed by atoms with van der Waals surface area (Å²) in [5.41, 5.74) is 7.26. The Labute approximate surface area is 129 Å². The van der Waals surface area contributed by atoms with E-state index in [0.717, 1.165) is 16.1 Å². The summed E-state index contributed by atoms with van der Waals surface area (Å²) in [6.07, 6.45) is 1.94. The van der Waals surface area contributed by atoms with Gasteiger partial charge in [0.1, 0.15) is 4.99 Å². The van der Waals surface area contributed by atoms with E-state index in [9.17, 15) is 8.42 Å². The van der Waals surface area contributed by atoms with Crippen LogP contribution in [0.15, 0.2) is 23.1 Å². The minimum Gasteiger partial charge on any atom is -0.389 e. The Morgan fingerprint density at radius 2 is 2.15 bits per heavy atom. The molecule has 1 rings (SSSR count). The van der Waals surface area contributed by atoms with E-state index in [2.05, 4.69) is 10.0 Å². The first kappa shape index (κ1) is 17.2. The average Bonchev–Trinajstić information content (AvgIpc) is 2.37. The van der Waals surface area contributed by atoms with Crippen LogP contribution >= 0.6 is 24.0 Å². The van der Waals surface area contributed by atoms with Gasteiger partial charge in [-0.2, -0.15) is 0 Å². The van der Waals surface area contributed by atoms with Gasteiger partial charge in [0.2, 0.25) is 10.0 Å². The fourth-order valence-corrected chi connectivity index (χ4v) is 3.59. The number of hydrogen-bond donors (Lipinski definition) is 3. The van der Waals surface area contributed by atoms with Crippen LogP contribution in [0, 0.1) is 0 Å². The van der Waals surface area contributed by atoms with Crippen molar-refractivity contribution in [2.75, 3.05) is 30.4 Å². The Bertz CT molecular complexity index is 573. The van der Waals surface area contributed by atoms with Crippen LogP contribution in [-0.4, -0.2) is 38.5 Å². The van der Waals surface area contributed by atoms with Crippen LogP contribution in [0.4, 0.5) is 5.69 Å². The van der Waals surface area contributed by atoms with E-state index in [-0.39, 0.29) is 5.75 Å². The predicted octanol–water partition coefficient (Wildman–Crippen LogP) is 1.39. The van der Waals surface area contributed by atoms with Gasteiger partial charge in [-0.3, -0.25) is 0 Å². The molecule has 0 radical (unpaired) electrons. The maximum Gasteiger partial charge on any atom is 0.213 e. The Morgan fingerprint density at radius 3 is 2.70 bits per heavy atom. The highest BCUT2D eigenvalue weighted by atomic mass is 32.2. The van der Waals surface area contributed by atoms with Gasteiger partial charge in [0.25, 0.3) is 0 Å². The molecule has 1 aromatic carbocycles. The molecule has 0 aromatic heterocycles. The molecule has 0 saturated heterocycles. The minimum atomic E-state index is -3.23. The van der Waals surface area contributed by atoms with Crippen molar-refractivity contribution in [2.45, 2.75) is 11.8 Å². The van der Waals surface area contributed by atoms with Crippen molar-refractivity contribution >= 4 is 44.7 Å². The Hall–Kier alpha value is -0.830. The normalized spacial score (nSPS) is 11.3. The van der Waals surface area contributed by atoms with Crippen molar-refractivity contribution in [3.05, 3.63) is 23.8 Å². The second-order valence-corrected chi connectivity index (χ2v) is 7.20. The van der Waals surface area contributed by atoms with Crippen molar-refractivity contribution < 1.29 is 8.42 Å². The standard InChI is InChI=1S/C12H19N3O2S3/c1-3-15-20(16,17)8-7-14-9-5-4-6-10(19-2)11(9)12(13)18/h4-6,14-15H,3,7-8H2,1-2H3,(H2,13,18). The molecule has 112 valence electrons. The lowest BCUT2D eigenvalue weighted by Crippen LogP contribution is -2.29. The third-order valence-corrected chi connectivity index (χ3v) is 5.00. The van der Waals surface area contributed by atoms with Gasteiger partial charge < -0.3 is 11.1 Å². The van der Waals surface area contributed by atoms with E-state index in [1.165, 1.54) is 0 Å². The van der Waals surface area contributed by atoms with Gasteiger partial charge in [-0.15, -0.1) is 11.8 Å². The molecule has 20 heavy (non-hydrogen) atoms. The monoisotopic (exact) mass is 333 g/mol. The summed E-state index contributed by atoms with van der Waals surface area (Å²) in [5.74, 6) is 0.00110. The lowest BCUT2D eigenvalue weighted by Gasteiger charge is -2.14. The number of nitrogens with one attached hydrogen (secondary N) is 2. The molecule has 0 atom stereocenters. The van der Waals surface area contributed by atoms with E-state index in [4.69, 9.17) is 18.0 Å². The van der Waals surface area contributed by atoms with Gasteiger partial charge in [0, 0.05) is 29.2 Å². The Balaban J connectivity index is 2.81. The van der Waals surface area contributed by atoms with Crippen molar-refractivity contribution in [1.29, 1.82) is 0 Å². The molecule has 0 heterocycles. The first-order valence-corrected chi connectivity index (χ1v) is 9.37. The number of nitrogens with two attached hydrogens (primary N) is 1. The van der Waals surface area contributed by atoms with Gasteiger partial charge in [0.15, 0.2) is 0 Å². The maximum absolute atomic E-state index is 11.6. The first-order valence-electron chi connectivity index (χ1n) is 6.09. The second-order valence-electron chi connectivity index (χ2n) is 3.99. The number of benzene rings is 1. The molecule has 8 heteroatoms. The average molecular weight is 334 g/mol. The molecule has 0 fully saturated rings. The van der Waals surface area contributed by atoms with Crippen LogP contribution in [0.25, 0.3) is 0 Å². The Morgan fingerprint density at radius 1 is 1.45 bits per heavy atom. The van der Waals surface area contributed by atoms with E-state index < -0.39 is 10.0 Å². The molecular weight excluding hydrogens is 314 g/mol. The summed E-state index contributed by atoms with van der Waals surface area (Å²) in [5, 5.41) is 3.08. The lowest BCUT2D eigenvalue weighted by atomic mass is 10.1. The molecule has 0 aliphatic heterocycles. The summed E-state index contributed by atoms with van der Waals surface area (Å²) in [6, 6.07) is 5.66. The SMILES string of the molecule is CCNS(=O)(=O)CCNc1cccc(SC)c1C(N)=S. The molecule has 0 unspecified atom stereocenters. The van der Waals surface area contributed by atoms with Crippen LogP contribution in [0.5, 0.6) is 0 Å². The smallest absolute Gasteiger partial charge is 0.213 e. The first-order chi connectivity index (χ1) is 9.41. The Kier molecular flexibility index (Phi) is 6.74. The number of hydrogen-bond acceptors (Lipinski definition) is 5. The molecule has 0 spiro atoms. The summed E-state index contributed by atoms with van der Waals surface area (Å²) < 4.78 is 25.6. The molecular formula is C12H19N3O2S3. The largest absolute Gasteiger partial charge is 0.389 e. The number of thioether (sulfide) groups is 1. The van der Waals surface area contributed by atoms with Crippen LogP contribution < -0.4 is 15.8 Å². The minimum absolute atomic E-state index is 0.00110. The van der Waals surface area contributed by atoms with E-state index >= 15 is 0 Å². The molecule has 0 aliphatic rings. The number of anilines is 1. The molecule has 5 nitrogen and oxygen atoms in total. The van der Waals surface area contributed by atoms with Crippen LogP contribution in [0.1, 0.15) is 12.5 Å². The van der Waals surface area contributed by atoms with Gasteiger partial charge in [-0.1, -0.05) is 25.2 Å². The summed E-state index contributed by atoms with van der Waals surface area (Å²) in [7, 11) is -3.23. The van der Waals surface area contributed by atoms with Crippen LogP contribution in [0.2, 0.25) is 0 Å². The van der Waals surface area contributed by atoms with Crippen molar-refractivity contribution in [1.82, 2.24) is 4.72 Å². The summed E-state index contributed by atoms with van der Waals surface area (Å²) in [6.45, 7) is 2.43. The van der Waals surface area contributed by atoms with Crippen molar-refractivity contribution in [2.24, 2.45) is 5.73 Å². The third kappa shape index (κ3) is 4.93. The second kappa shape index (κ2) is 7.82. The van der Waals surface area contributed by atoms with E-state index in [0.29, 0.717) is 18.1 Å². The zero-order valence-corrected chi connectivity index (χ0v) is 13.9. The summed E-state index contributed by atoms with van der Waals surface area (Å²) in [4.78, 5) is 1.27. The molecule has 1 aromatic rings. The fraction of sp³-hybridized carbons (Fsp3) is 0.417. The van der Waals surface area contributed by atoms with Gasteiger partial charge >= 0.3 is 0 Å². The van der Waals surface area contributed by atoms with Gasteiger partial charge in [-0.05, 0) is 18.4 Å². The zero-order chi connectivity index (χ0) is 15.2. The van der Waals surface area contributed by atoms with Crippen LogP contribution in [-0.2, 0) is 10.0 Å². The van der Waals surface area contributed by atoms with Crippen molar-refractivity contribution in [3.8, 4) is 0 Å². The van der Waals surface area contributed by atoms with Gasteiger partial charge in [0.05, 0.1) is 5.75 Å². The maximum atomic E-state index is 11.6. The molecule has 0 saturated carbocycles. The molecule has 0 aliphatic carbocycles. The predicted molar refractivity (Wildman–Crippen MR) is 90.1 cm³/mol.